The van der Waals surface area contributed by atoms with Crippen molar-refractivity contribution in [2.24, 2.45) is 5.92 Å². The SMILES string of the molecule is CCC(=O)N1CCN(c2nc3c(s2)C[C@H](C(=O)N2CCCCCC2)CC3)CC1. The number of amides is 2. The summed E-state index contributed by atoms with van der Waals surface area (Å²) in [4.78, 5) is 37.5. The van der Waals surface area contributed by atoms with E-state index in [1.807, 2.05) is 11.8 Å². The van der Waals surface area contributed by atoms with Gasteiger partial charge in [-0.3, -0.25) is 9.59 Å². The number of hydrogen-bond donors (Lipinski definition) is 0. The number of likely N-dealkylation sites (tertiary alicyclic amines) is 1. The fourth-order valence-electron chi connectivity index (χ4n) is 4.63. The van der Waals surface area contributed by atoms with Gasteiger partial charge in [-0.15, -0.1) is 11.3 Å². The van der Waals surface area contributed by atoms with Crippen LogP contribution in [0.5, 0.6) is 0 Å². The van der Waals surface area contributed by atoms with Gasteiger partial charge in [-0.1, -0.05) is 19.8 Å². The van der Waals surface area contributed by atoms with Crippen molar-refractivity contribution in [3.8, 4) is 0 Å². The standard InChI is InChI=1S/C21H32N4O2S/c1-2-19(26)23-11-13-25(14-12-23)21-22-17-8-7-16(15-18(17)28-21)20(27)24-9-5-3-4-6-10-24/h16H,2-15H2,1H3/t16-/m1/s1. The van der Waals surface area contributed by atoms with E-state index in [1.165, 1.54) is 23.4 Å². The number of rotatable bonds is 3. The summed E-state index contributed by atoms with van der Waals surface area (Å²) in [7, 11) is 0. The number of aryl methyl sites for hydroxylation is 1. The number of hydrogen-bond acceptors (Lipinski definition) is 5. The van der Waals surface area contributed by atoms with Gasteiger partial charge in [0.05, 0.1) is 5.69 Å². The smallest absolute Gasteiger partial charge is 0.226 e. The van der Waals surface area contributed by atoms with Gasteiger partial charge >= 0.3 is 0 Å². The maximum absolute atomic E-state index is 13.0. The second kappa shape index (κ2) is 8.80. The van der Waals surface area contributed by atoms with E-state index >= 15 is 0 Å². The van der Waals surface area contributed by atoms with Crippen LogP contribution >= 0.6 is 11.3 Å². The third-order valence-electron chi connectivity index (χ3n) is 6.40. The normalized spacial score (nSPS) is 23.3. The van der Waals surface area contributed by atoms with Crippen molar-refractivity contribution in [2.75, 3.05) is 44.2 Å². The van der Waals surface area contributed by atoms with Crippen LogP contribution in [-0.2, 0) is 22.4 Å². The molecule has 1 atom stereocenters. The molecule has 0 aromatic carbocycles. The van der Waals surface area contributed by atoms with Crippen LogP contribution in [0, 0.1) is 5.92 Å². The lowest BCUT2D eigenvalue weighted by Gasteiger charge is -2.34. The predicted molar refractivity (Wildman–Crippen MR) is 112 cm³/mol. The maximum atomic E-state index is 13.0. The lowest BCUT2D eigenvalue weighted by Crippen LogP contribution is -2.48. The topological polar surface area (TPSA) is 56.8 Å². The molecule has 3 aliphatic rings. The van der Waals surface area contributed by atoms with Crippen LogP contribution in [0.25, 0.3) is 0 Å². The van der Waals surface area contributed by atoms with Crippen LogP contribution in [0.1, 0.15) is 56.0 Å². The quantitative estimate of drug-likeness (QED) is 0.777. The van der Waals surface area contributed by atoms with Gasteiger partial charge in [-0.05, 0) is 32.1 Å². The Labute approximate surface area is 171 Å². The van der Waals surface area contributed by atoms with Gasteiger partial charge in [0.15, 0.2) is 5.13 Å². The van der Waals surface area contributed by atoms with Gasteiger partial charge < -0.3 is 14.7 Å². The third-order valence-corrected chi connectivity index (χ3v) is 7.58. The van der Waals surface area contributed by atoms with E-state index in [0.29, 0.717) is 12.3 Å². The lowest BCUT2D eigenvalue weighted by molar-refractivity contribution is -0.136. The van der Waals surface area contributed by atoms with E-state index in [0.717, 1.165) is 76.5 Å². The monoisotopic (exact) mass is 404 g/mol. The number of anilines is 1. The van der Waals surface area contributed by atoms with Gasteiger partial charge in [-0.2, -0.15) is 0 Å². The van der Waals surface area contributed by atoms with Crippen molar-refractivity contribution in [1.82, 2.24) is 14.8 Å². The van der Waals surface area contributed by atoms with E-state index in [4.69, 9.17) is 4.98 Å². The molecule has 2 amide bonds. The molecule has 1 aliphatic carbocycles. The molecule has 2 saturated heterocycles. The first-order valence-electron chi connectivity index (χ1n) is 11.0. The summed E-state index contributed by atoms with van der Waals surface area (Å²) in [6.07, 6.45) is 8.12. The van der Waals surface area contributed by atoms with Crippen LogP contribution in [0.3, 0.4) is 0 Å². The van der Waals surface area contributed by atoms with E-state index in [2.05, 4.69) is 9.80 Å². The molecule has 0 N–H and O–H groups in total. The Morgan fingerprint density at radius 1 is 1.00 bits per heavy atom. The summed E-state index contributed by atoms with van der Waals surface area (Å²) in [5.74, 6) is 0.750. The first-order chi connectivity index (χ1) is 13.7. The maximum Gasteiger partial charge on any atom is 0.226 e. The molecule has 0 spiro atoms. The zero-order chi connectivity index (χ0) is 19.5. The minimum atomic E-state index is 0.137. The molecule has 0 unspecified atom stereocenters. The molecule has 1 aromatic heterocycles. The zero-order valence-electron chi connectivity index (χ0n) is 17.0. The summed E-state index contributed by atoms with van der Waals surface area (Å²) in [5, 5.41) is 1.08. The Bertz CT molecular complexity index is 703. The summed E-state index contributed by atoms with van der Waals surface area (Å²) in [6.45, 7) is 7.09. The second-order valence-corrected chi connectivity index (χ2v) is 9.33. The van der Waals surface area contributed by atoms with Crippen LogP contribution in [0.4, 0.5) is 5.13 Å². The van der Waals surface area contributed by atoms with Crippen LogP contribution in [-0.4, -0.2) is 65.9 Å². The molecular formula is C21H32N4O2S. The Hall–Kier alpha value is -1.63. The average Bonchev–Trinajstić information content (AvgIpc) is 2.97. The van der Waals surface area contributed by atoms with Crippen molar-refractivity contribution in [1.29, 1.82) is 0 Å². The average molecular weight is 405 g/mol. The lowest BCUT2D eigenvalue weighted by atomic mass is 9.90. The van der Waals surface area contributed by atoms with Crippen LogP contribution in [0.2, 0.25) is 0 Å². The molecule has 28 heavy (non-hydrogen) atoms. The highest BCUT2D eigenvalue weighted by Gasteiger charge is 2.32. The Morgan fingerprint density at radius 2 is 1.71 bits per heavy atom. The van der Waals surface area contributed by atoms with Gasteiger partial charge in [-0.25, -0.2) is 4.98 Å². The van der Waals surface area contributed by atoms with E-state index in [9.17, 15) is 9.59 Å². The van der Waals surface area contributed by atoms with Crippen molar-refractivity contribution in [2.45, 2.75) is 58.3 Å². The van der Waals surface area contributed by atoms with Crippen molar-refractivity contribution in [3.63, 3.8) is 0 Å². The molecule has 0 radical (unpaired) electrons. The minimum absolute atomic E-state index is 0.137. The fourth-order valence-corrected chi connectivity index (χ4v) is 5.87. The number of aromatic nitrogens is 1. The number of piperazine rings is 1. The molecule has 4 rings (SSSR count). The molecule has 154 valence electrons. The molecule has 0 bridgehead atoms. The first kappa shape index (κ1) is 19.7. The molecule has 6 nitrogen and oxygen atoms in total. The van der Waals surface area contributed by atoms with Crippen molar-refractivity contribution in [3.05, 3.63) is 10.6 Å². The molecule has 7 heteroatoms. The van der Waals surface area contributed by atoms with E-state index in [-0.39, 0.29) is 11.8 Å². The summed E-state index contributed by atoms with van der Waals surface area (Å²) >= 11 is 1.77. The van der Waals surface area contributed by atoms with Gasteiger partial charge in [0.2, 0.25) is 11.8 Å². The molecule has 0 saturated carbocycles. The summed E-state index contributed by atoms with van der Waals surface area (Å²) in [6, 6.07) is 0. The minimum Gasteiger partial charge on any atom is -0.345 e. The second-order valence-electron chi connectivity index (χ2n) is 8.27. The Balaban J connectivity index is 1.37. The van der Waals surface area contributed by atoms with Gasteiger partial charge in [0.1, 0.15) is 0 Å². The van der Waals surface area contributed by atoms with Crippen LogP contribution in [0.15, 0.2) is 0 Å². The van der Waals surface area contributed by atoms with Crippen molar-refractivity contribution < 1.29 is 9.59 Å². The number of carbonyl (C=O) groups excluding carboxylic acids is 2. The Morgan fingerprint density at radius 3 is 2.39 bits per heavy atom. The summed E-state index contributed by atoms with van der Waals surface area (Å²) < 4.78 is 0. The summed E-state index contributed by atoms with van der Waals surface area (Å²) in [5.41, 5.74) is 1.20. The number of thiazole rings is 1. The van der Waals surface area contributed by atoms with Crippen LogP contribution < -0.4 is 4.90 Å². The van der Waals surface area contributed by atoms with E-state index in [1.54, 1.807) is 11.3 Å². The largest absolute Gasteiger partial charge is 0.345 e. The van der Waals surface area contributed by atoms with E-state index < -0.39 is 0 Å². The number of nitrogens with zero attached hydrogens (tertiary/aromatic N) is 4. The van der Waals surface area contributed by atoms with Gasteiger partial charge in [0.25, 0.3) is 0 Å². The highest BCUT2D eigenvalue weighted by atomic mass is 32.1. The fraction of sp³-hybridized carbons (Fsp3) is 0.762. The van der Waals surface area contributed by atoms with Crippen molar-refractivity contribution >= 4 is 28.3 Å². The molecule has 1 aromatic rings. The molecule has 2 aliphatic heterocycles. The number of fused-ring (bicyclic) bond motifs is 1. The Kier molecular flexibility index (Phi) is 6.19. The molecule has 2 fully saturated rings. The zero-order valence-corrected chi connectivity index (χ0v) is 17.8. The predicted octanol–water partition coefficient (Wildman–Crippen LogP) is 2.71. The van der Waals surface area contributed by atoms with Gasteiger partial charge in [0, 0.05) is 56.5 Å². The highest BCUT2D eigenvalue weighted by Crippen LogP contribution is 2.35. The molecule has 3 heterocycles. The first-order valence-corrected chi connectivity index (χ1v) is 11.8. The third kappa shape index (κ3) is 4.19. The molecular weight excluding hydrogens is 372 g/mol. The highest BCUT2D eigenvalue weighted by molar-refractivity contribution is 7.15. The number of carbonyl (C=O) groups is 2.